The molecule has 0 bridgehead atoms. The zero-order chi connectivity index (χ0) is 14.9. The molecule has 2 rings (SSSR count). The van der Waals surface area contributed by atoms with Gasteiger partial charge in [-0.25, -0.2) is 4.79 Å². The van der Waals surface area contributed by atoms with Crippen molar-refractivity contribution in [3.63, 3.8) is 0 Å². The Morgan fingerprint density at radius 3 is 2.65 bits per heavy atom. The van der Waals surface area contributed by atoms with Gasteiger partial charge in [-0.1, -0.05) is 12.1 Å². The van der Waals surface area contributed by atoms with Gasteiger partial charge in [0.05, 0.1) is 0 Å². The minimum absolute atomic E-state index is 0.196. The number of fused-ring (bicyclic) bond motifs is 1. The highest BCUT2D eigenvalue weighted by molar-refractivity contribution is 6.00. The summed E-state index contributed by atoms with van der Waals surface area (Å²) in [5.41, 5.74) is 2.37. The van der Waals surface area contributed by atoms with Crippen molar-refractivity contribution in [1.29, 1.82) is 0 Å². The molecule has 1 aliphatic rings. The van der Waals surface area contributed by atoms with E-state index >= 15 is 0 Å². The summed E-state index contributed by atoms with van der Waals surface area (Å²) in [6.45, 7) is 5.96. The van der Waals surface area contributed by atoms with Crippen LogP contribution in [0.5, 0.6) is 0 Å². The monoisotopic (exact) mass is 275 g/mol. The van der Waals surface area contributed by atoms with E-state index in [0.29, 0.717) is 13.0 Å². The first-order valence-electron chi connectivity index (χ1n) is 6.85. The summed E-state index contributed by atoms with van der Waals surface area (Å²) in [6, 6.07) is 5.85. The van der Waals surface area contributed by atoms with E-state index in [9.17, 15) is 9.59 Å². The second kappa shape index (κ2) is 5.27. The number of carbonyl (C=O) groups excluding carboxylic acids is 2. The van der Waals surface area contributed by atoms with Gasteiger partial charge in [0.1, 0.15) is 5.60 Å². The van der Waals surface area contributed by atoms with Crippen molar-refractivity contribution in [2.24, 2.45) is 0 Å². The molecule has 0 N–H and O–H groups in total. The standard InChI is InChI=1S/C16H21NO3/c1-16(2,3)20-15(19)17(4)10-11-5-6-12-7-8-14(18)13(12)9-11/h5-6,9H,7-8,10H2,1-4H3. The average molecular weight is 275 g/mol. The SMILES string of the molecule is CN(Cc1ccc2c(c1)C(=O)CC2)C(=O)OC(C)(C)C. The lowest BCUT2D eigenvalue weighted by atomic mass is 10.1. The zero-order valence-electron chi connectivity index (χ0n) is 12.5. The normalized spacial score (nSPS) is 14.1. The molecule has 4 heteroatoms. The summed E-state index contributed by atoms with van der Waals surface area (Å²) in [5, 5.41) is 0. The molecule has 0 spiro atoms. The molecule has 0 heterocycles. The first-order chi connectivity index (χ1) is 9.26. The van der Waals surface area contributed by atoms with Crippen LogP contribution < -0.4 is 0 Å². The molecule has 4 nitrogen and oxygen atoms in total. The van der Waals surface area contributed by atoms with E-state index in [1.54, 1.807) is 7.05 Å². The van der Waals surface area contributed by atoms with Crippen LogP contribution in [0.1, 0.15) is 48.7 Å². The highest BCUT2D eigenvalue weighted by Gasteiger charge is 2.22. The molecule has 0 aromatic heterocycles. The van der Waals surface area contributed by atoms with Crippen LogP contribution in [0.25, 0.3) is 0 Å². The Hall–Kier alpha value is -1.84. The van der Waals surface area contributed by atoms with Gasteiger partial charge in [0, 0.05) is 25.6 Å². The van der Waals surface area contributed by atoms with Gasteiger partial charge in [-0.3, -0.25) is 4.79 Å². The van der Waals surface area contributed by atoms with Crippen molar-refractivity contribution in [3.8, 4) is 0 Å². The first kappa shape index (κ1) is 14.6. The maximum Gasteiger partial charge on any atom is 0.410 e. The maximum absolute atomic E-state index is 11.9. The lowest BCUT2D eigenvalue weighted by Crippen LogP contribution is -2.33. The van der Waals surface area contributed by atoms with Crippen molar-refractivity contribution >= 4 is 11.9 Å². The van der Waals surface area contributed by atoms with E-state index in [1.165, 1.54) is 4.90 Å². The number of ketones is 1. The molecule has 0 atom stereocenters. The fourth-order valence-corrected chi connectivity index (χ4v) is 2.26. The number of amides is 1. The minimum Gasteiger partial charge on any atom is -0.444 e. The fraction of sp³-hybridized carbons (Fsp3) is 0.500. The molecule has 0 fully saturated rings. The third-order valence-corrected chi connectivity index (χ3v) is 3.22. The number of aryl methyl sites for hydroxylation is 1. The molecular formula is C16H21NO3. The maximum atomic E-state index is 11.9. The largest absolute Gasteiger partial charge is 0.444 e. The van der Waals surface area contributed by atoms with Crippen LogP contribution in [-0.2, 0) is 17.7 Å². The summed E-state index contributed by atoms with van der Waals surface area (Å²) in [6.07, 6.45) is 1.07. The second-order valence-corrected chi connectivity index (χ2v) is 6.25. The molecular weight excluding hydrogens is 254 g/mol. The van der Waals surface area contributed by atoms with E-state index < -0.39 is 5.60 Å². The zero-order valence-corrected chi connectivity index (χ0v) is 12.5. The number of hydrogen-bond acceptors (Lipinski definition) is 3. The van der Waals surface area contributed by atoms with Crippen LogP contribution in [-0.4, -0.2) is 29.4 Å². The van der Waals surface area contributed by atoms with Gasteiger partial charge < -0.3 is 9.64 Å². The third-order valence-electron chi connectivity index (χ3n) is 3.22. The van der Waals surface area contributed by atoms with Gasteiger partial charge in [-0.05, 0) is 44.4 Å². The number of hydrogen-bond donors (Lipinski definition) is 0. The van der Waals surface area contributed by atoms with Crippen LogP contribution in [0.2, 0.25) is 0 Å². The summed E-state index contributed by atoms with van der Waals surface area (Å²) in [7, 11) is 1.70. The first-order valence-corrected chi connectivity index (χ1v) is 6.85. The number of benzene rings is 1. The van der Waals surface area contributed by atoms with Crippen molar-refractivity contribution in [1.82, 2.24) is 4.90 Å². The highest BCUT2D eigenvalue weighted by atomic mass is 16.6. The molecule has 1 aromatic rings. The average Bonchev–Trinajstić information content (AvgIpc) is 2.69. The van der Waals surface area contributed by atoms with Gasteiger partial charge in [0.15, 0.2) is 5.78 Å². The number of nitrogens with zero attached hydrogens (tertiary/aromatic N) is 1. The Labute approximate surface area is 119 Å². The third kappa shape index (κ3) is 3.38. The summed E-state index contributed by atoms with van der Waals surface area (Å²) >= 11 is 0. The Morgan fingerprint density at radius 1 is 1.30 bits per heavy atom. The Bertz CT molecular complexity index is 543. The summed E-state index contributed by atoms with van der Waals surface area (Å²) in [5.74, 6) is 0.196. The molecule has 108 valence electrons. The molecule has 0 unspecified atom stereocenters. The quantitative estimate of drug-likeness (QED) is 0.832. The highest BCUT2D eigenvalue weighted by Crippen LogP contribution is 2.23. The molecule has 0 aliphatic heterocycles. The Kier molecular flexibility index (Phi) is 3.84. The minimum atomic E-state index is -0.501. The van der Waals surface area contributed by atoms with Crippen LogP contribution in [0.3, 0.4) is 0 Å². The van der Waals surface area contributed by atoms with Crippen molar-refractivity contribution in [3.05, 3.63) is 34.9 Å². The van der Waals surface area contributed by atoms with Gasteiger partial charge in [0.25, 0.3) is 0 Å². The molecule has 0 radical (unpaired) electrons. The van der Waals surface area contributed by atoms with Gasteiger partial charge >= 0.3 is 6.09 Å². The van der Waals surface area contributed by atoms with Gasteiger partial charge in [-0.15, -0.1) is 0 Å². The molecule has 1 aromatic carbocycles. The van der Waals surface area contributed by atoms with Crippen LogP contribution in [0, 0.1) is 0 Å². The van der Waals surface area contributed by atoms with Gasteiger partial charge in [-0.2, -0.15) is 0 Å². The predicted octanol–water partition coefficient (Wildman–Crippen LogP) is 3.18. The summed E-state index contributed by atoms with van der Waals surface area (Å²) < 4.78 is 5.31. The lowest BCUT2D eigenvalue weighted by molar-refractivity contribution is 0.0285. The fourth-order valence-electron chi connectivity index (χ4n) is 2.26. The Morgan fingerprint density at radius 2 is 2.00 bits per heavy atom. The summed E-state index contributed by atoms with van der Waals surface area (Å²) in [4.78, 5) is 25.1. The predicted molar refractivity (Wildman–Crippen MR) is 76.8 cm³/mol. The van der Waals surface area contributed by atoms with E-state index in [4.69, 9.17) is 4.74 Å². The van der Waals surface area contributed by atoms with E-state index in [0.717, 1.165) is 23.1 Å². The second-order valence-electron chi connectivity index (χ2n) is 6.25. The van der Waals surface area contributed by atoms with E-state index in [-0.39, 0.29) is 11.9 Å². The van der Waals surface area contributed by atoms with Crippen molar-refractivity contribution < 1.29 is 14.3 Å². The number of carbonyl (C=O) groups is 2. The topological polar surface area (TPSA) is 46.6 Å². The molecule has 1 aliphatic carbocycles. The van der Waals surface area contributed by atoms with E-state index in [1.807, 2.05) is 39.0 Å². The lowest BCUT2D eigenvalue weighted by Gasteiger charge is -2.24. The van der Waals surface area contributed by atoms with Crippen molar-refractivity contribution in [2.75, 3.05) is 7.05 Å². The number of ether oxygens (including phenoxy) is 1. The number of rotatable bonds is 2. The van der Waals surface area contributed by atoms with Crippen LogP contribution >= 0.6 is 0 Å². The smallest absolute Gasteiger partial charge is 0.410 e. The molecule has 0 saturated heterocycles. The molecule has 0 saturated carbocycles. The molecule has 1 amide bonds. The van der Waals surface area contributed by atoms with Crippen LogP contribution in [0.15, 0.2) is 18.2 Å². The van der Waals surface area contributed by atoms with E-state index in [2.05, 4.69) is 0 Å². The number of Topliss-reactive ketones (excluding diaryl/α,β-unsaturated/α-hetero) is 1. The molecule has 20 heavy (non-hydrogen) atoms. The Balaban J connectivity index is 2.05. The van der Waals surface area contributed by atoms with Gasteiger partial charge in [0.2, 0.25) is 0 Å². The van der Waals surface area contributed by atoms with Crippen LogP contribution in [0.4, 0.5) is 4.79 Å². The van der Waals surface area contributed by atoms with Crippen molar-refractivity contribution in [2.45, 2.75) is 45.8 Å².